The van der Waals surface area contributed by atoms with Gasteiger partial charge in [-0.1, -0.05) is 133 Å². The highest BCUT2D eigenvalue weighted by atomic mass is 32.1. The lowest BCUT2D eigenvalue weighted by molar-refractivity contribution is 0.103. The number of nitrogen functional groups attached to an aromatic ring is 1. The average Bonchev–Trinajstić information content (AvgIpc) is 3.01. The van der Waals surface area contributed by atoms with Gasteiger partial charge in [0.05, 0.1) is 10.4 Å². The molecule has 1 aliphatic carbocycles. The van der Waals surface area contributed by atoms with E-state index in [2.05, 4.69) is 13.8 Å². The van der Waals surface area contributed by atoms with Gasteiger partial charge in [0, 0.05) is 22.4 Å². The second-order valence-electron chi connectivity index (χ2n) is 12.2. The van der Waals surface area contributed by atoms with Crippen LogP contribution >= 0.6 is 12.2 Å². The summed E-state index contributed by atoms with van der Waals surface area (Å²) in [5.41, 5.74) is 11.3. The molecule has 0 fully saturated rings. The number of carbonyl (C=O) groups excluding carboxylic acids is 1. The van der Waals surface area contributed by atoms with E-state index in [1.165, 1.54) is 64.2 Å². The number of anilines is 1. The van der Waals surface area contributed by atoms with E-state index in [0.29, 0.717) is 45.6 Å². The number of aromatic hydroxyl groups is 2. The van der Waals surface area contributed by atoms with Crippen molar-refractivity contribution in [3.63, 3.8) is 0 Å². The first kappa shape index (κ1) is 32.7. The van der Waals surface area contributed by atoms with Gasteiger partial charge in [-0.05, 0) is 60.1 Å². The van der Waals surface area contributed by atoms with Crippen molar-refractivity contribution in [3.8, 4) is 22.6 Å². The van der Waals surface area contributed by atoms with E-state index in [1.807, 2.05) is 36.4 Å². The highest BCUT2D eigenvalue weighted by molar-refractivity contribution is 7.81. The van der Waals surface area contributed by atoms with Crippen LogP contribution in [0.2, 0.25) is 0 Å². The van der Waals surface area contributed by atoms with Crippen molar-refractivity contribution >= 4 is 28.6 Å². The molecule has 0 atom stereocenters. The van der Waals surface area contributed by atoms with E-state index in [9.17, 15) is 15.0 Å². The number of thiocarbonyl (C=S) groups is 1. The summed E-state index contributed by atoms with van der Waals surface area (Å²) >= 11 is 5.96. The van der Waals surface area contributed by atoms with E-state index >= 15 is 0 Å². The molecule has 43 heavy (non-hydrogen) atoms. The number of benzene rings is 3. The summed E-state index contributed by atoms with van der Waals surface area (Å²) in [7, 11) is 0. The standard InChI is InChI=1S/C38H49NO3S/c1-3-5-7-9-11-13-16-22-27-24-29(26-20-18-15-19-21-26)31-34(36(27)41)38(43)32-30(39)25-28(35(40)33(32)37(31)42)23-17-14-12-10-8-6-4-2/h15,18-21,24-25,40-41H,3-14,16-17,22-23,39H2,1-2H3. The van der Waals surface area contributed by atoms with Gasteiger partial charge in [0.2, 0.25) is 0 Å². The molecule has 1 aliphatic rings. The first-order valence-corrected chi connectivity index (χ1v) is 17.0. The third kappa shape index (κ3) is 7.67. The highest BCUT2D eigenvalue weighted by Crippen LogP contribution is 2.46. The van der Waals surface area contributed by atoms with Crippen molar-refractivity contribution in [2.45, 2.75) is 117 Å². The number of ketones is 1. The normalized spacial score (nSPS) is 12.4. The van der Waals surface area contributed by atoms with Crippen LogP contribution in [0.3, 0.4) is 0 Å². The lowest BCUT2D eigenvalue weighted by atomic mass is 9.77. The number of phenols is 2. The second kappa shape index (κ2) is 16.0. The number of carbonyl (C=O) groups is 1. The minimum absolute atomic E-state index is 0.0289. The van der Waals surface area contributed by atoms with Gasteiger partial charge in [-0.15, -0.1) is 0 Å². The summed E-state index contributed by atoms with van der Waals surface area (Å²) in [6.45, 7) is 4.44. The second-order valence-corrected chi connectivity index (χ2v) is 12.6. The maximum atomic E-state index is 14.3. The Labute approximate surface area is 263 Å². The number of fused-ring (bicyclic) bond motifs is 2. The van der Waals surface area contributed by atoms with Crippen molar-refractivity contribution in [1.29, 1.82) is 0 Å². The fraction of sp³-hybridized carbons (Fsp3) is 0.474. The van der Waals surface area contributed by atoms with Crippen LogP contribution in [0, 0.1) is 0 Å². The fourth-order valence-electron chi connectivity index (χ4n) is 6.42. The zero-order valence-corrected chi connectivity index (χ0v) is 27.0. The van der Waals surface area contributed by atoms with Crippen molar-refractivity contribution in [3.05, 3.63) is 75.8 Å². The number of phenolic OH excluding ortho intramolecular Hbond substituents is 2. The Kier molecular flexibility index (Phi) is 12.2. The lowest BCUT2D eigenvalue weighted by Gasteiger charge is -2.27. The number of rotatable bonds is 17. The summed E-state index contributed by atoms with van der Waals surface area (Å²) in [6, 6.07) is 13.5. The Morgan fingerprint density at radius 3 is 1.67 bits per heavy atom. The molecule has 4 nitrogen and oxygen atoms in total. The van der Waals surface area contributed by atoms with E-state index < -0.39 is 0 Å². The van der Waals surface area contributed by atoms with Crippen LogP contribution in [-0.4, -0.2) is 20.9 Å². The zero-order chi connectivity index (χ0) is 30.8. The van der Waals surface area contributed by atoms with E-state index in [0.717, 1.165) is 42.4 Å². The minimum atomic E-state index is -0.333. The van der Waals surface area contributed by atoms with Crippen LogP contribution in [0.25, 0.3) is 11.1 Å². The molecule has 230 valence electrons. The summed E-state index contributed by atoms with van der Waals surface area (Å²) in [6.07, 6.45) is 17.7. The maximum Gasteiger partial charge on any atom is 0.198 e. The van der Waals surface area contributed by atoms with Gasteiger partial charge < -0.3 is 15.9 Å². The van der Waals surface area contributed by atoms with Crippen LogP contribution in [0.4, 0.5) is 5.69 Å². The summed E-state index contributed by atoms with van der Waals surface area (Å²) in [5, 5.41) is 23.0. The third-order valence-corrected chi connectivity index (χ3v) is 9.29. The Morgan fingerprint density at radius 1 is 0.628 bits per heavy atom. The van der Waals surface area contributed by atoms with Crippen LogP contribution < -0.4 is 5.73 Å². The van der Waals surface area contributed by atoms with Gasteiger partial charge in [-0.25, -0.2) is 0 Å². The van der Waals surface area contributed by atoms with Crippen molar-refractivity contribution in [2.24, 2.45) is 0 Å². The summed E-state index contributed by atoms with van der Waals surface area (Å²) in [5.74, 6) is -0.296. The van der Waals surface area contributed by atoms with Crippen LogP contribution in [0.5, 0.6) is 11.5 Å². The monoisotopic (exact) mass is 599 g/mol. The van der Waals surface area contributed by atoms with Gasteiger partial charge in [0.15, 0.2) is 5.78 Å². The first-order valence-electron chi connectivity index (χ1n) is 16.6. The SMILES string of the molecule is CCCCCCCCCc1cc(N)c2c(c1O)C(=O)c1c(-c3ccccc3)cc(CCCCCCCCC)c(O)c1C2=S. The minimum Gasteiger partial charge on any atom is -0.507 e. The molecule has 0 saturated heterocycles. The van der Waals surface area contributed by atoms with Crippen LogP contribution in [0.15, 0.2) is 42.5 Å². The lowest BCUT2D eigenvalue weighted by Crippen LogP contribution is -2.24. The number of hydrogen-bond acceptors (Lipinski definition) is 5. The molecule has 0 radical (unpaired) electrons. The molecular formula is C38H49NO3S. The molecule has 0 saturated carbocycles. The molecule has 0 amide bonds. The summed E-state index contributed by atoms with van der Waals surface area (Å²) < 4.78 is 0. The Hall–Kier alpha value is -3.18. The highest BCUT2D eigenvalue weighted by Gasteiger charge is 2.37. The van der Waals surface area contributed by atoms with Crippen molar-refractivity contribution in [2.75, 3.05) is 5.73 Å². The van der Waals surface area contributed by atoms with E-state index in [1.54, 1.807) is 6.07 Å². The molecule has 0 bridgehead atoms. The summed E-state index contributed by atoms with van der Waals surface area (Å²) in [4.78, 5) is 14.6. The quantitative estimate of drug-likeness (QED) is 0.0487. The first-order chi connectivity index (χ1) is 20.9. The van der Waals surface area contributed by atoms with Gasteiger partial charge in [-0.2, -0.15) is 0 Å². The molecule has 0 aliphatic heterocycles. The average molecular weight is 600 g/mol. The topological polar surface area (TPSA) is 83.5 Å². The fourth-order valence-corrected chi connectivity index (χ4v) is 6.84. The Bertz CT molecular complexity index is 1410. The molecular weight excluding hydrogens is 550 g/mol. The molecule has 4 N–H and O–H groups in total. The van der Waals surface area contributed by atoms with Gasteiger partial charge >= 0.3 is 0 Å². The van der Waals surface area contributed by atoms with E-state index in [4.69, 9.17) is 18.0 Å². The van der Waals surface area contributed by atoms with Crippen LogP contribution in [-0.2, 0) is 12.8 Å². The third-order valence-electron chi connectivity index (χ3n) is 8.88. The van der Waals surface area contributed by atoms with E-state index in [-0.39, 0.29) is 22.8 Å². The van der Waals surface area contributed by atoms with Crippen LogP contribution in [0.1, 0.15) is 142 Å². The smallest absolute Gasteiger partial charge is 0.198 e. The number of nitrogens with two attached hydrogens (primary N) is 1. The number of hydrogen-bond donors (Lipinski definition) is 3. The molecule has 3 aromatic carbocycles. The van der Waals surface area contributed by atoms with Gasteiger partial charge in [0.1, 0.15) is 11.5 Å². The predicted octanol–water partition coefficient (Wildman–Crippen LogP) is 10.2. The van der Waals surface area contributed by atoms with Crippen molar-refractivity contribution < 1.29 is 15.0 Å². The van der Waals surface area contributed by atoms with Gasteiger partial charge in [0.25, 0.3) is 0 Å². The molecule has 0 aromatic heterocycles. The predicted molar refractivity (Wildman–Crippen MR) is 184 cm³/mol. The number of aryl methyl sites for hydroxylation is 2. The molecule has 4 rings (SSSR count). The van der Waals surface area contributed by atoms with Gasteiger partial charge in [-0.3, -0.25) is 4.79 Å². The van der Waals surface area contributed by atoms with Crippen molar-refractivity contribution in [1.82, 2.24) is 0 Å². The largest absolute Gasteiger partial charge is 0.507 e. The molecule has 0 heterocycles. The molecule has 3 aromatic rings. The number of unbranched alkanes of at least 4 members (excludes halogenated alkanes) is 12. The zero-order valence-electron chi connectivity index (χ0n) is 26.1. The molecule has 5 heteroatoms. The maximum absolute atomic E-state index is 14.3. The Morgan fingerprint density at radius 2 is 1.12 bits per heavy atom. The molecule has 0 spiro atoms. The Balaban J connectivity index is 1.66. The molecule has 0 unspecified atom stereocenters.